The minimum Gasteiger partial charge on any atom is -0.481 e. The Morgan fingerprint density at radius 1 is 1.08 bits per heavy atom. The number of fused-ring (bicyclic) bond motifs is 1. The number of nitrogens with one attached hydrogen (secondary N) is 2. The zero-order valence-corrected chi connectivity index (χ0v) is 22.9. The number of hydrogen-bond acceptors (Lipinski definition) is 5. The number of aliphatic carboxylic acids is 1. The van der Waals surface area contributed by atoms with E-state index in [1.54, 1.807) is 33.0 Å². The molecule has 3 aromatic carbocycles. The lowest BCUT2D eigenvalue weighted by Gasteiger charge is -2.26. The zero-order valence-electron chi connectivity index (χ0n) is 21.3. The second-order valence-electron chi connectivity index (χ2n) is 9.75. The number of carbonyl (C=O) groups is 3. The molecule has 196 valence electrons. The number of aryl methyl sites for hydroxylation is 1. The van der Waals surface area contributed by atoms with Gasteiger partial charge < -0.3 is 26.4 Å². The second kappa shape index (κ2) is 10.8. The molecular formula is C29H29BrN4O4. The van der Waals surface area contributed by atoms with E-state index >= 15 is 0 Å². The molecule has 1 heterocycles. The summed E-state index contributed by atoms with van der Waals surface area (Å²) in [6, 6.07) is 20.4. The summed E-state index contributed by atoms with van der Waals surface area (Å²) < 4.78 is 0.845. The number of benzene rings is 3. The summed E-state index contributed by atoms with van der Waals surface area (Å²) in [6.07, 6.45) is 0.376. The minimum atomic E-state index is -1.01. The molecule has 0 radical (unpaired) electrons. The van der Waals surface area contributed by atoms with Gasteiger partial charge in [-0.3, -0.25) is 14.4 Å². The molecule has 9 heteroatoms. The Morgan fingerprint density at radius 2 is 1.79 bits per heavy atom. The third-order valence-corrected chi connectivity index (χ3v) is 6.69. The van der Waals surface area contributed by atoms with Crippen LogP contribution in [0.4, 0.5) is 17.1 Å². The van der Waals surface area contributed by atoms with Gasteiger partial charge in [-0.1, -0.05) is 40.2 Å². The van der Waals surface area contributed by atoms with Crippen molar-refractivity contribution in [2.45, 2.75) is 32.2 Å². The smallest absolute Gasteiger partial charge is 0.303 e. The van der Waals surface area contributed by atoms with Gasteiger partial charge in [0.1, 0.15) is 0 Å². The molecule has 0 atom stereocenters. The van der Waals surface area contributed by atoms with Gasteiger partial charge in [-0.25, -0.2) is 0 Å². The molecule has 38 heavy (non-hydrogen) atoms. The molecule has 1 aliphatic heterocycles. The van der Waals surface area contributed by atoms with Gasteiger partial charge in [0.05, 0.1) is 22.5 Å². The van der Waals surface area contributed by atoms with Crippen molar-refractivity contribution in [3.8, 4) is 0 Å². The SMILES string of the molecule is CN(C(=O)C(C)(C)N)c1ccc(N/C(=C2\C(=O)Nc3cc(Br)ccc32)c2cccc(CCC(=O)O)c2)cc1. The summed E-state index contributed by atoms with van der Waals surface area (Å²) in [5.74, 6) is -1.34. The van der Waals surface area contributed by atoms with E-state index in [2.05, 4.69) is 26.6 Å². The molecule has 0 saturated carbocycles. The van der Waals surface area contributed by atoms with E-state index in [4.69, 9.17) is 10.8 Å². The minimum absolute atomic E-state index is 0.00738. The molecule has 0 unspecified atom stereocenters. The highest BCUT2D eigenvalue weighted by molar-refractivity contribution is 9.10. The van der Waals surface area contributed by atoms with Gasteiger partial charge in [-0.2, -0.15) is 0 Å². The van der Waals surface area contributed by atoms with E-state index in [-0.39, 0.29) is 18.2 Å². The van der Waals surface area contributed by atoms with Gasteiger partial charge in [0.2, 0.25) is 5.91 Å². The van der Waals surface area contributed by atoms with E-state index in [1.807, 2.05) is 54.6 Å². The van der Waals surface area contributed by atoms with E-state index in [9.17, 15) is 14.4 Å². The number of amides is 2. The molecule has 3 aromatic rings. The van der Waals surface area contributed by atoms with Gasteiger partial charge in [0, 0.05) is 34.9 Å². The normalized spacial score (nSPS) is 14.0. The number of nitrogens with two attached hydrogens (primary N) is 1. The fourth-order valence-corrected chi connectivity index (χ4v) is 4.63. The molecule has 0 fully saturated rings. The van der Waals surface area contributed by atoms with Gasteiger partial charge in [-0.05, 0) is 73.9 Å². The van der Waals surface area contributed by atoms with Gasteiger partial charge in [-0.15, -0.1) is 0 Å². The number of carboxylic acids is 1. The Labute approximate surface area is 229 Å². The first-order valence-corrected chi connectivity index (χ1v) is 12.8. The number of likely N-dealkylation sites (N-methyl/N-ethyl adjacent to an activating group) is 1. The predicted molar refractivity (Wildman–Crippen MR) is 154 cm³/mol. The van der Waals surface area contributed by atoms with Crippen LogP contribution in [0.25, 0.3) is 11.3 Å². The summed E-state index contributed by atoms with van der Waals surface area (Å²) in [5.41, 5.74) is 10.5. The largest absolute Gasteiger partial charge is 0.481 e. The average Bonchev–Trinajstić information content (AvgIpc) is 3.19. The molecule has 1 aliphatic rings. The number of carbonyl (C=O) groups excluding carboxylic acids is 2. The Hall–Kier alpha value is -3.95. The lowest BCUT2D eigenvalue weighted by Crippen LogP contribution is -2.49. The van der Waals surface area contributed by atoms with Crippen LogP contribution in [-0.4, -0.2) is 35.5 Å². The zero-order chi connectivity index (χ0) is 27.6. The number of nitrogens with zero attached hydrogens (tertiary/aromatic N) is 1. The standard InChI is InChI=1S/C29H29BrN4O4/c1-29(2,31)28(38)34(3)21-11-9-20(10-12-21)32-26(18-6-4-5-17(15-18)7-14-24(35)36)25-22-13-8-19(30)16-23(22)33-27(25)37/h4-6,8-13,15-16,32H,7,14,31H2,1-3H3,(H,33,37)(H,35,36)/b26-25-. The number of halogens is 1. The third kappa shape index (κ3) is 5.95. The fraction of sp³-hybridized carbons (Fsp3) is 0.207. The van der Waals surface area contributed by atoms with Crippen LogP contribution in [0.15, 0.2) is 71.2 Å². The first-order chi connectivity index (χ1) is 17.9. The molecule has 4 rings (SSSR count). The molecule has 0 saturated heterocycles. The van der Waals surface area contributed by atoms with Crippen molar-refractivity contribution in [2.75, 3.05) is 22.6 Å². The van der Waals surface area contributed by atoms with Crippen molar-refractivity contribution in [2.24, 2.45) is 5.73 Å². The quantitative estimate of drug-likeness (QED) is 0.276. The Kier molecular flexibility index (Phi) is 7.71. The summed E-state index contributed by atoms with van der Waals surface area (Å²) in [6.45, 7) is 3.32. The highest BCUT2D eigenvalue weighted by atomic mass is 79.9. The number of hydrogen-bond donors (Lipinski definition) is 4. The average molecular weight is 577 g/mol. The third-order valence-electron chi connectivity index (χ3n) is 6.20. The summed E-state index contributed by atoms with van der Waals surface area (Å²) >= 11 is 3.45. The summed E-state index contributed by atoms with van der Waals surface area (Å²) in [4.78, 5) is 38.4. The first kappa shape index (κ1) is 27.1. The van der Waals surface area contributed by atoms with E-state index in [0.29, 0.717) is 34.8 Å². The summed E-state index contributed by atoms with van der Waals surface area (Å²) in [5, 5.41) is 15.4. The number of rotatable bonds is 8. The van der Waals surface area contributed by atoms with Crippen molar-refractivity contribution in [1.82, 2.24) is 0 Å². The first-order valence-electron chi connectivity index (χ1n) is 12.0. The number of anilines is 3. The topological polar surface area (TPSA) is 125 Å². The highest BCUT2D eigenvalue weighted by Gasteiger charge is 2.29. The van der Waals surface area contributed by atoms with Gasteiger partial charge >= 0.3 is 5.97 Å². The summed E-state index contributed by atoms with van der Waals surface area (Å²) in [7, 11) is 1.67. The van der Waals surface area contributed by atoms with Crippen molar-refractivity contribution >= 4 is 62.0 Å². The van der Waals surface area contributed by atoms with Gasteiger partial charge in [0.15, 0.2) is 0 Å². The molecule has 0 spiro atoms. The van der Waals surface area contributed by atoms with E-state index < -0.39 is 11.5 Å². The lowest BCUT2D eigenvalue weighted by atomic mass is 9.97. The lowest BCUT2D eigenvalue weighted by molar-refractivity contribution is -0.137. The number of carboxylic acid groups (broad SMARTS) is 1. The molecule has 5 N–H and O–H groups in total. The maximum Gasteiger partial charge on any atom is 0.303 e. The Bertz CT molecular complexity index is 1440. The van der Waals surface area contributed by atoms with E-state index in [0.717, 1.165) is 21.2 Å². The molecular weight excluding hydrogens is 548 g/mol. The predicted octanol–water partition coefficient (Wildman–Crippen LogP) is 5.10. The monoisotopic (exact) mass is 576 g/mol. The van der Waals surface area contributed by atoms with Crippen LogP contribution in [0, 0.1) is 0 Å². The maximum atomic E-state index is 13.2. The van der Waals surface area contributed by atoms with Crippen molar-refractivity contribution in [3.05, 3.63) is 87.9 Å². The van der Waals surface area contributed by atoms with Gasteiger partial charge in [0.25, 0.3) is 5.91 Å². The highest BCUT2D eigenvalue weighted by Crippen LogP contribution is 2.39. The van der Waals surface area contributed by atoms with E-state index in [1.165, 1.54) is 4.90 Å². The van der Waals surface area contributed by atoms with Crippen LogP contribution in [0.1, 0.15) is 37.0 Å². The molecule has 0 aliphatic carbocycles. The van der Waals surface area contributed by atoms with Crippen LogP contribution >= 0.6 is 15.9 Å². The molecule has 0 bridgehead atoms. The van der Waals surface area contributed by atoms with Crippen molar-refractivity contribution in [3.63, 3.8) is 0 Å². The molecule has 0 aromatic heterocycles. The molecule has 8 nitrogen and oxygen atoms in total. The van der Waals surface area contributed by atoms with Crippen molar-refractivity contribution < 1.29 is 19.5 Å². The fourth-order valence-electron chi connectivity index (χ4n) is 4.27. The second-order valence-corrected chi connectivity index (χ2v) is 10.7. The van der Waals surface area contributed by atoms with Crippen LogP contribution in [0.5, 0.6) is 0 Å². The van der Waals surface area contributed by atoms with Crippen LogP contribution in [-0.2, 0) is 20.8 Å². The van der Waals surface area contributed by atoms with Crippen LogP contribution in [0.3, 0.4) is 0 Å². The van der Waals surface area contributed by atoms with Crippen molar-refractivity contribution in [1.29, 1.82) is 0 Å². The molecule has 2 amide bonds. The Morgan fingerprint density at radius 3 is 2.45 bits per heavy atom. The van der Waals surface area contributed by atoms with Crippen LogP contribution in [0.2, 0.25) is 0 Å². The Balaban J connectivity index is 1.76. The van der Waals surface area contributed by atoms with Crippen LogP contribution < -0.4 is 21.3 Å². The maximum absolute atomic E-state index is 13.2.